The fraction of sp³-hybridized carbons (Fsp3) is 0.160. The van der Waals surface area contributed by atoms with E-state index in [1.54, 1.807) is 36.4 Å². The third-order valence-corrected chi connectivity index (χ3v) is 7.29. The summed E-state index contributed by atoms with van der Waals surface area (Å²) in [5.74, 6) is -1.20. The number of amides is 3. The highest BCUT2D eigenvalue weighted by molar-refractivity contribution is 7.90. The van der Waals surface area contributed by atoms with E-state index >= 15 is 0 Å². The zero-order valence-corrected chi connectivity index (χ0v) is 21.1. The maximum atomic E-state index is 12.8. The molecule has 0 spiro atoms. The van der Waals surface area contributed by atoms with Gasteiger partial charge in [-0.2, -0.15) is 5.06 Å². The van der Waals surface area contributed by atoms with Crippen LogP contribution in [0.25, 0.3) is 0 Å². The van der Waals surface area contributed by atoms with Crippen LogP contribution in [0.4, 0.5) is 0 Å². The summed E-state index contributed by atoms with van der Waals surface area (Å²) in [5.41, 5.74) is 0.494. The first-order valence-corrected chi connectivity index (χ1v) is 12.9. The van der Waals surface area contributed by atoms with E-state index in [2.05, 4.69) is 0 Å². The van der Waals surface area contributed by atoms with E-state index in [0.29, 0.717) is 21.6 Å². The van der Waals surface area contributed by atoms with Crippen molar-refractivity contribution in [2.75, 3.05) is 13.6 Å². The van der Waals surface area contributed by atoms with Crippen molar-refractivity contribution in [1.29, 1.82) is 0 Å². The lowest BCUT2D eigenvalue weighted by Crippen LogP contribution is -2.47. The molecule has 1 unspecified atom stereocenters. The number of hydrogen-bond acceptors (Lipinski definition) is 8. The van der Waals surface area contributed by atoms with Gasteiger partial charge in [-0.05, 0) is 67.1 Å². The molecule has 0 saturated carbocycles. The first-order chi connectivity index (χ1) is 17.6. The number of nitrogens with one attached hydrogen (secondary N) is 1. The largest absolute Gasteiger partial charge is 0.457 e. The van der Waals surface area contributed by atoms with Gasteiger partial charge >= 0.3 is 0 Å². The fourth-order valence-electron chi connectivity index (χ4n) is 3.77. The molecule has 3 aromatic rings. The maximum absolute atomic E-state index is 12.8. The molecule has 4 rings (SSSR count). The van der Waals surface area contributed by atoms with Crippen LogP contribution in [0.2, 0.25) is 5.02 Å². The Kier molecular flexibility index (Phi) is 7.60. The van der Waals surface area contributed by atoms with Crippen LogP contribution in [0.1, 0.15) is 27.1 Å². The highest BCUT2D eigenvalue weighted by Gasteiger charge is 2.36. The summed E-state index contributed by atoms with van der Waals surface area (Å²) in [6.45, 7) is -0.202. The minimum absolute atomic E-state index is 0.201. The monoisotopic (exact) mass is 543 g/mol. The summed E-state index contributed by atoms with van der Waals surface area (Å²) >= 11 is 5.85. The van der Waals surface area contributed by atoms with E-state index < -0.39 is 33.8 Å². The zero-order chi connectivity index (χ0) is 26.7. The lowest BCUT2D eigenvalue weighted by atomic mass is 10.1. The molecule has 1 heterocycles. The highest BCUT2D eigenvalue weighted by Crippen LogP contribution is 2.25. The second kappa shape index (κ2) is 10.7. The van der Waals surface area contributed by atoms with Crippen molar-refractivity contribution in [3.05, 3.63) is 88.9 Å². The summed E-state index contributed by atoms with van der Waals surface area (Å²) in [4.78, 5) is 38.6. The van der Waals surface area contributed by atoms with Crippen LogP contribution in [0.3, 0.4) is 0 Å². The van der Waals surface area contributed by atoms with Crippen molar-refractivity contribution in [3.63, 3.8) is 0 Å². The number of imide groups is 1. The predicted octanol–water partition coefficient (Wildman–Crippen LogP) is 3.31. The Morgan fingerprint density at radius 3 is 2.00 bits per heavy atom. The molecule has 1 aliphatic rings. The summed E-state index contributed by atoms with van der Waals surface area (Å²) in [5, 5.41) is 11.1. The second-order valence-corrected chi connectivity index (χ2v) is 10.3. The number of hydrogen-bond donors (Lipinski definition) is 2. The number of rotatable bonds is 9. The van der Waals surface area contributed by atoms with Gasteiger partial charge in [0.25, 0.3) is 27.7 Å². The number of halogens is 1. The standard InChI is InChI=1S/C25H22ClN3O7S/c1-28(33)22(14-15-29-24(31)20-4-2-3-5-21(20)25(29)32)23(30)27-37(34,35)19-12-10-18(11-13-19)36-17-8-6-16(26)7-9-17/h2-13,22,33H,14-15H2,1H3,(H,27,30). The Morgan fingerprint density at radius 1 is 0.973 bits per heavy atom. The predicted molar refractivity (Wildman–Crippen MR) is 133 cm³/mol. The third kappa shape index (κ3) is 5.81. The SMILES string of the molecule is CN(O)C(CCN1C(=O)c2ccccc2C1=O)C(=O)NS(=O)(=O)c1ccc(Oc2ccc(Cl)cc2)cc1. The van der Waals surface area contributed by atoms with Crippen LogP contribution >= 0.6 is 11.6 Å². The van der Waals surface area contributed by atoms with Gasteiger partial charge in [-0.1, -0.05) is 23.7 Å². The number of ether oxygens (including phenoxy) is 1. The Balaban J connectivity index is 1.40. The number of hydroxylamine groups is 2. The molecule has 0 aromatic heterocycles. The maximum Gasteiger partial charge on any atom is 0.264 e. The van der Waals surface area contributed by atoms with Crippen molar-refractivity contribution in [3.8, 4) is 11.5 Å². The molecule has 12 heteroatoms. The molecule has 1 atom stereocenters. The topological polar surface area (TPSA) is 133 Å². The molecule has 0 fully saturated rings. The van der Waals surface area contributed by atoms with Crippen molar-refractivity contribution in [2.24, 2.45) is 0 Å². The molecule has 10 nitrogen and oxygen atoms in total. The molecule has 3 aromatic carbocycles. The lowest BCUT2D eigenvalue weighted by Gasteiger charge is -2.23. The Morgan fingerprint density at radius 2 is 1.49 bits per heavy atom. The first kappa shape index (κ1) is 26.3. The Bertz CT molecular complexity index is 1410. The van der Waals surface area contributed by atoms with Crippen LogP contribution in [-0.4, -0.2) is 60.9 Å². The molecular weight excluding hydrogens is 522 g/mol. The van der Waals surface area contributed by atoms with Crippen molar-refractivity contribution in [1.82, 2.24) is 14.7 Å². The zero-order valence-electron chi connectivity index (χ0n) is 19.5. The Hall–Kier alpha value is -3.77. The molecule has 37 heavy (non-hydrogen) atoms. The number of benzene rings is 3. The molecule has 0 radical (unpaired) electrons. The van der Waals surface area contributed by atoms with Crippen molar-refractivity contribution < 1.29 is 32.7 Å². The smallest absolute Gasteiger partial charge is 0.264 e. The summed E-state index contributed by atoms with van der Waals surface area (Å²) in [6, 6.07) is 16.9. The van der Waals surface area contributed by atoms with Crippen LogP contribution in [-0.2, 0) is 14.8 Å². The van der Waals surface area contributed by atoms with Gasteiger partial charge in [0.1, 0.15) is 17.5 Å². The molecule has 3 amide bonds. The van der Waals surface area contributed by atoms with Crippen LogP contribution in [0, 0.1) is 0 Å². The van der Waals surface area contributed by atoms with Gasteiger partial charge < -0.3 is 9.94 Å². The number of nitrogens with zero attached hydrogens (tertiary/aromatic N) is 2. The quantitative estimate of drug-likeness (QED) is 0.310. The molecule has 192 valence electrons. The van der Waals surface area contributed by atoms with Crippen LogP contribution in [0.15, 0.2) is 77.7 Å². The van der Waals surface area contributed by atoms with E-state index in [9.17, 15) is 28.0 Å². The van der Waals surface area contributed by atoms with E-state index in [-0.39, 0.29) is 29.0 Å². The van der Waals surface area contributed by atoms with Gasteiger partial charge in [0.05, 0.1) is 16.0 Å². The average Bonchev–Trinajstić information content (AvgIpc) is 3.10. The van der Waals surface area contributed by atoms with Crippen molar-refractivity contribution in [2.45, 2.75) is 17.4 Å². The number of sulfonamides is 1. The Labute approximate surface area is 218 Å². The third-order valence-electron chi connectivity index (χ3n) is 5.68. The first-order valence-electron chi connectivity index (χ1n) is 11.0. The molecule has 1 aliphatic heterocycles. The number of carbonyl (C=O) groups excluding carboxylic acids is 3. The number of likely N-dealkylation sites (N-methyl/N-ethyl adjacent to an activating group) is 1. The summed E-state index contributed by atoms with van der Waals surface area (Å²) in [6.07, 6.45) is -0.201. The highest BCUT2D eigenvalue weighted by atomic mass is 35.5. The van der Waals surface area contributed by atoms with Crippen LogP contribution in [0.5, 0.6) is 11.5 Å². The van der Waals surface area contributed by atoms with Gasteiger partial charge in [0.2, 0.25) is 0 Å². The van der Waals surface area contributed by atoms with E-state index in [4.69, 9.17) is 16.3 Å². The molecule has 2 N–H and O–H groups in total. The van der Waals surface area contributed by atoms with E-state index in [0.717, 1.165) is 4.90 Å². The van der Waals surface area contributed by atoms with Gasteiger partial charge in [-0.15, -0.1) is 0 Å². The molecule has 0 saturated heterocycles. The normalized spacial score (nSPS) is 14.0. The second-order valence-electron chi connectivity index (χ2n) is 8.18. The molecular formula is C25H22ClN3O7S. The van der Waals surface area contributed by atoms with Crippen molar-refractivity contribution >= 4 is 39.3 Å². The number of carbonyl (C=O) groups is 3. The fourth-order valence-corrected chi connectivity index (χ4v) is 4.91. The lowest BCUT2D eigenvalue weighted by molar-refractivity contribution is -0.146. The van der Waals surface area contributed by atoms with Gasteiger partial charge in [-0.3, -0.25) is 19.3 Å². The van der Waals surface area contributed by atoms with Gasteiger partial charge in [0, 0.05) is 18.6 Å². The minimum atomic E-state index is -4.29. The van der Waals surface area contributed by atoms with Gasteiger partial charge in [-0.25, -0.2) is 13.1 Å². The minimum Gasteiger partial charge on any atom is -0.457 e. The molecule has 0 aliphatic carbocycles. The summed E-state index contributed by atoms with van der Waals surface area (Å²) < 4.78 is 33.1. The van der Waals surface area contributed by atoms with E-state index in [1.165, 1.54) is 43.4 Å². The molecule has 0 bridgehead atoms. The summed E-state index contributed by atoms with van der Waals surface area (Å²) in [7, 11) is -3.12. The van der Waals surface area contributed by atoms with E-state index in [1.807, 2.05) is 4.72 Å². The average molecular weight is 544 g/mol. The van der Waals surface area contributed by atoms with Crippen LogP contribution < -0.4 is 9.46 Å². The van der Waals surface area contributed by atoms with Gasteiger partial charge in [0.15, 0.2) is 0 Å². The number of fused-ring (bicyclic) bond motifs is 1.